The van der Waals surface area contributed by atoms with Gasteiger partial charge in [0.2, 0.25) is 5.91 Å². The standard InChI is InChI=1S/C9H9NO/c1-10-9(11)7-8-5-3-2-4-6-8/h1-6H,7H2,(H,10,11). The lowest BCUT2D eigenvalue weighted by Gasteiger charge is -1.97. The first-order valence-electron chi connectivity index (χ1n) is 3.36. The molecule has 0 heterocycles. The number of nitrogens with one attached hydrogen (secondary N) is 1. The molecule has 0 aromatic heterocycles. The molecule has 2 radical (unpaired) electrons. The van der Waals surface area contributed by atoms with E-state index in [0.29, 0.717) is 6.42 Å². The lowest BCUT2D eigenvalue weighted by atomic mass is 10.1. The summed E-state index contributed by atoms with van der Waals surface area (Å²) < 4.78 is 0. The van der Waals surface area contributed by atoms with Crippen molar-refractivity contribution in [2.75, 3.05) is 0 Å². The summed E-state index contributed by atoms with van der Waals surface area (Å²) in [4.78, 5) is 10.7. The minimum absolute atomic E-state index is 0.170. The Balaban J connectivity index is 2.58. The lowest BCUT2D eigenvalue weighted by molar-refractivity contribution is -0.119. The van der Waals surface area contributed by atoms with E-state index in [1.54, 1.807) is 0 Å². The molecule has 0 saturated carbocycles. The Kier molecular flexibility index (Phi) is 2.66. The highest BCUT2D eigenvalue weighted by molar-refractivity contribution is 5.78. The number of carbonyl (C=O) groups is 1. The molecule has 0 bridgehead atoms. The summed E-state index contributed by atoms with van der Waals surface area (Å²) in [5, 5.41) is 2.07. The topological polar surface area (TPSA) is 29.1 Å². The van der Waals surface area contributed by atoms with Crippen LogP contribution < -0.4 is 5.32 Å². The molecular formula is C9H9NO. The van der Waals surface area contributed by atoms with Gasteiger partial charge < -0.3 is 5.32 Å². The summed E-state index contributed by atoms with van der Waals surface area (Å²) >= 11 is 0. The van der Waals surface area contributed by atoms with Crippen LogP contribution in [0.25, 0.3) is 0 Å². The van der Waals surface area contributed by atoms with Crippen LogP contribution in [0.2, 0.25) is 0 Å². The molecule has 1 amide bonds. The SMILES string of the molecule is [CH]NC(=O)Cc1ccccc1. The smallest absolute Gasteiger partial charge is 0.224 e. The lowest BCUT2D eigenvalue weighted by Crippen LogP contribution is -2.17. The van der Waals surface area contributed by atoms with Gasteiger partial charge >= 0.3 is 0 Å². The van der Waals surface area contributed by atoms with Gasteiger partial charge in [-0.05, 0) is 5.56 Å². The summed E-state index contributed by atoms with van der Waals surface area (Å²) in [5.41, 5.74) is 0.968. The average Bonchev–Trinajstić information content (AvgIpc) is 2.06. The van der Waals surface area contributed by atoms with Crippen LogP contribution in [0.1, 0.15) is 5.56 Å². The molecule has 2 heteroatoms. The highest BCUT2D eigenvalue weighted by Gasteiger charge is 1.97. The molecule has 0 aliphatic rings. The van der Waals surface area contributed by atoms with Crippen molar-refractivity contribution < 1.29 is 4.79 Å². The van der Waals surface area contributed by atoms with Gasteiger partial charge in [0.25, 0.3) is 0 Å². The molecule has 0 spiro atoms. The van der Waals surface area contributed by atoms with E-state index in [1.807, 2.05) is 30.3 Å². The van der Waals surface area contributed by atoms with E-state index in [0.717, 1.165) is 5.56 Å². The van der Waals surface area contributed by atoms with Crippen molar-refractivity contribution in [1.82, 2.24) is 5.32 Å². The van der Waals surface area contributed by atoms with Crippen molar-refractivity contribution in [3.05, 3.63) is 42.9 Å². The molecule has 1 aromatic rings. The molecule has 0 unspecified atom stereocenters. The van der Waals surface area contributed by atoms with E-state index in [4.69, 9.17) is 7.05 Å². The van der Waals surface area contributed by atoms with Crippen LogP contribution in [0, 0.1) is 7.05 Å². The zero-order chi connectivity index (χ0) is 8.10. The molecule has 1 rings (SSSR count). The predicted molar refractivity (Wildman–Crippen MR) is 42.6 cm³/mol. The highest BCUT2D eigenvalue weighted by atomic mass is 16.1. The highest BCUT2D eigenvalue weighted by Crippen LogP contribution is 1.98. The first-order chi connectivity index (χ1) is 5.33. The number of hydrogen-bond donors (Lipinski definition) is 1. The van der Waals surface area contributed by atoms with Crippen molar-refractivity contribution in [3.63, 3.8) is 0 Å². The Morgan fingerprint density at radius 2 is 2.00 bits per heavy atom. The third kappa shape index (κ3) is 2.42. The maximum atomic E-state index is 10.7. The molecule has 0 aliphatic heterocycles. The zero-order valence-corrected chi connectivity index (χ0v) is 6.08. The normalized spacial score (nSPS) is 9.18. The number of hydrogen-bond acceptors (Lipinski definition) is 1. The quantitative estimate of drug-likeness (QED) is 0.621. The second-order valence-corrected chi connectivity index (χ2v) is 2.23. The second kappa shape index (κ2) is 3.76. The molecular weight excluding hydrogens is 138 g/mol. The summed E-state index contributed by atoms with van der Waals surface area (Å²) in [6.45, 7) is 0. The molecule has 0 aliphatic carbocycles. The Labute approximate surface area is 66.2 Å². The third-order valence-electron chi connectivity index (χ3n) is 1.37. The van der Waals surface area contributed by atoms with E-state index >= 15 is 0 Å². The van der Waals surface area contributed by atoms with E-state index in [-0.39, 0.29) is 5.91 Å². The summed E-state index contributed by atoms with van der Waals surface area (Å²) in [6, 6.07) is 9.45. The van der Waals surface area contributed by atoms with Crippen LogP contribution in [0.5, 0.6) is 0 Å². The van der Waals surface area contributed by atoms with Crippen molar-refractivity contribution >= 4 is 5.91 Å². The van der Waals surface area contributed by atoms with Crippen LogP contribution in [-0.2, 0) is 11.2 Å². The zero-order valence-electron chi connectivity index (χ0n) is 6.08. The van der Waals surface area contributed by atoms with E-state index in [9.17, 15) is 4.79 Å². The molecule has 56 valence electrons. The van der Waals surface area contributed by atoms with Gasteiger partial charge in [0.05, 0.1) is 13.5 Å². The Hall–Kier alpha value is -1.31. The molecule has 0 saturated heterocycles. The third-order valence-corrected chi connectivity index (χ3v) is 1.37. The number of benzene rings is 1. The summed E-state index contributed by atoms with van der Waals surface area (Å²) in [7, 11) is 4.92. The van der Waals surface area contributed by atoms with Gasteiger partial charge in [-0.2, -0.15) is 0 Å². The molecule has 0 atom stereocenters. The first-order valence-corrected chi connectivity index (χ1v) is 3.36. The van der Waals surface area contributed by atoms with Crippen molar-refractivity contribution in [3.8, 4) is 0 Å². The van der Waals surface area contributed by atoms with Crippen molar-refractivity contribution in [1.29, 1.82) is 0 Å². The molecule has 0 fully saturated rings. The first kappa shape index (κ1) is 7.79. The van der Waals surface area contributed by atoms with Crippen LogP contribution in [0.3, 0.4) is 0 Å². The van der Waals surface area contributed by atoms with Crippen LogP contribution >= 0.6 is 0 Å². The van der Waals surface area contributed by atoms with Crippen LogP contribution in [-0.4, -0.2) is 5.91 Å². The second-order valence-electron chi connectivity index (χ2n) is 2.23. The van der Waals surface area contributed by atoms with Gasteiger partial charge in [-0.15, -0.1) is 0 Å². The fraction of sp³-hybridized carbons (Fsp3) is 0.111. The fourth-order valence-corrected chi connectivity index (χ4v) is 0.832. The summed E-state index contributed by atoms with van der Waals surface area (Å²) in [6.07, 6.45) is 0.345. The molecule has 2 nitrogen and oxygen atoms in total. The van der Waals surface area contributed by atoms with Crippen molar-refractivity contribution in [2.45, 2.75) is 6.42 Å². The molecule has 1 N–H and O–H groups in total. The minimum Gasteiger partial charge on any atom is -0.349 e. The largest absolute Gasteiger partial charge is 0.349 e. The Morgan fingerprint density at radius 3 is 2.55 bits per heavy atom. The van der Waals surface area contributed by atoms with Gasteiger partial charge in [-0.1, -0.05) is 30.3 Å². The minimum atomic E-state index is -0.170. The van der Waals surface area contributed by atoms with E-state index in [1.165, 1.54) is 0 Å². The monoisotopic (exact) mass is 147 g/mol. The van der Waals surface area contributed by atoms with Crippen LogP contribution in [0.15, 0.2) is 30.3 Å². The van der Waals surface area contributed by atoms with E-state index in [2.05, 4.69) is 5.32 Å². The average molecular weight is 147 g/mol. The van der Waals surface area contributed by atoms with Gasteiger partial charge in [0, 0.05) is 0 Å². The Bertz CT molecular complexity index is 231. The maximum absolute atomic E-state index is 10.7. The molecule has 11 heavy (non-hydrogen) atoms. The Morgan fingerprint density at radius 1 is 1.36 bits per heavy atom. The maximum Gasteiger partial charge on any atom is 0.224 e. The van der Waals surface area contributed by atoms with Gasteiger partial charge in [-0.3, -0.25) is 4.79 Å². The molecule has 1 aromatic carbocycles. The van der Waals surface area contributed by atoms with Crippen molar-refractivity contribution in [2.24, 2.45) is 0 Å². The predicted octanol–water partition coefficient (Wildman–Crippen LogP) is 1.01. The van der Waals surface area contributed by atoms with Gasteiger partial charge in [-0.25, -0.2) is 0 Å². The van der Waals surface area contributed by atoms with Gasteiger partial charge in [0.15, 0.2) is 0 Å². The van der Waals surface area contributed by atoms with E-state index < -0.39 is 0 Å². The van der Waals surface area contributed by atoms with Crippen LogP contribution in [0.4, 0.5) is 0 Å². The number of carbonyl (C=O) groups excluding carboxylic acids is 1. The fourth-order valence-electron chi connectivity index (χ4n) is 0.832. The number of amides is 1. The summed E-state index contributed by atoms with van der Waals surface area (Å²) in [5.74, 6) is -0.170. The number of rotatable bonds is 2. The van der Waals surface area contributed by atoms with Gasteiger partial charge in [0.1, 0.15) is 0 Å².